The molecule has 232 valence electrons. The third kappa shape index (κ3) is 6.26. The molecule has 7 heteroatoms. The molecule has 3 aromatic rings. The van der Waals surface area contributed by atoms with Crippen molar-refractivity contribution in [2.75, 3.05) is 70.4 Å². The highest BCUT2D eigenvalue weighted by Gasteiger charge is 2.51. The predicted molar refractivity (Wildman–Crippen MR) is 175 cm³/mol. The monoisotopic (exact) mass is 594 g/mol. The summed E-state index contributed by atoms with van der Waals surface area (Å²) >= 11 is 0. The Bertz CT molecular complexity index is 1380. The van der Waals surface area contributed by atoms with Gasteiger partial charge in [-0.1, -0.05) is 78.9 Å². The van der Waals surface area contributed by atoms with E-state index < -0.39 is 5.41 Å². The molecule has 0 bridgehead atoms. The van der Waals surface area contributed by atoms with Crippen molar-refractivity contribution < 1.29 is 14.3 Å². The Kier molecular flexibility index (Phi) is 9.63. The highest BCUT2D eigenvalue weighted by molar-refractivity contribution is 6.10. The normalized spacial score (nSPS) is 21.4. The number of para-hydroxylation sites is 1. The van der Waals surface area contributed by atoms with Gasteiger partial charge in [-0.15, -0.1) is 0 Å². The molecule has 2 saturated heterocycles. The molecule has 0 spiro atoms. The van der Waals surface area contributed by atoms with Crippen LogP contribution in [0.2, 0.25) is 0 Å². The lowest BCUT2D eigenvalue weighted by Crippen LogP contribution is -2.49. The van der Waals surface area contributed by atoms with Crippen LogP contribution in [0.15, 0.2) is 84.9 Å². The first kappa shape index (κ1) is 30.4. The number of carbonyl (C=O) groups excluding carboxylic acids is 2. The number of benzene rings is 3. The lowest BCUT2D eigenvalue weighted by Gasteiger charge is -2.36. The smallest absolute Gasteiger partial charge is 0.409 e. The summed E-state index contributed by atoms with van der Waals surface area (Å²) in [7, 11) is 0. The first-order valence-corrected chi connectivity index (χ1v) is 16.5. The molecule has 0 aliphatic carbocycles. The SMILES string of the molecule is CCOC(=O)N1CCN(CCCN2C(=O)C(CCN3CCC(c4ccccc4)CC3)(c3ccccc3)c3ccccc32)CC1. The summed E-state index contributed by atoms with van der Waals surface area (Å²) in [6, 6.07) is 29.8. The Morgan fingerprint density at radius 2 is 1.41 bits per heavy atom. The van der Waals surface area contributed by atoms with Crippen LogP contribution in [0.5, 0.6) is 0 Å². The average Bonchev–Trinajstić information content (AvgIpc) is 3.32. The van der Waals surface area contributed by atoms with Crippen LogP contribution >= 0.6 is 0 Å². The lowest BCUT2D eigenvalue weighted by molar-refractivity contribution is -0.122. The molecule has 44 heavy (non-hydrogen) atoms. The van der Waals surface area contributed by atoms with Gasteiger partial charge in [0.2, 0.25) is 5.91 Å². The summed E-state index contributed by atoms with van der Waals surface area (Å²) in [5, 5.41) is 0. The van der Waals surface area contributed by atoms with Crippen molar-refractivity contribution in [1.29, 1.82) is 0 Å². The fourth-order valence-electron chi connectivity index (χ4n) is 7.50. The number of anilines is 1. The maximum atomic E-state index is 14.7. The molecule has 0 radical (unpaired) electrons. The highest BCUT2D eigenvalue weighted by Crippen LogP contribution is 2.48. The second-order valence-electron chi connectivity index (χ2n) is 12.4. The Hall–Kier alpha value is -3.68. The lowest BCUT2D eigenvalue weighted by atomic mass is 9.72. The maximum Gasteiger partial charge on any atom is 0.409 e. The van der Waals surface area contributed by atoms with Crippen molar-refractivity contribution >= 4 is 17.7 Å². The van der Waals surface area contributed by atoms with Gasteiger partial charge in [-0.25, -0.2) is 4.79 Å². The summed E-state index contributed by atoms with van der Waals surface area (Å²) in [5.74, 6) is 0.823. The number of piperazine rings is 1. The van der Waals surface area contributed by atoms with Crippen molar-refractivity contribution in [3.05, 3.63) is 102 Å². The fourth-order valence-corrected chi connectivity index (χ4v) is 7.50. The second-order valence-corrected chi connectivity index (χ2v) is 12.4. The number of hydrogen-bond donors (Lipinski definition) is 0. The van der Waals surface area contributed by atoms with Crippen LogP contribution in [0, 0.1) is 0 Å². The molecule has 7 nitrogen and oxygen atoms in total. The molecule has 3 heterocycles. The third-order valence-electron chi connectivity index (χ3n) is 9.95. The molecule has 3 aliphatic rings. The third-order valence-corrected chi connectivity index (χ3v) is 9.95. The number of amides is 2. The largest absolute Gasteiger partial charge is 0.450 e. The van der Waals surface area contributed by atoms with Gasteiger partial charge in [0.05, 0.1) is 6.61 Å². The predicted octanol–water partition coefficient (Wildman–Crippen LogP) is 5.75. The molecular formula is C37H46N4O3. The van der Waals surface area contributed by atoms with Crippen LogP contribution in [0.3, 0.4) is 0 Å². The van der Waals surface area contributed by atoms with E-state index in [4.69, 9.17) is 4.74 Å². The van der Waals surface area contributed by atoms with Crippen LogP contribution in [0.1, 0.15) is 55.2 Å². The van der Waals surface area contributed by atoms with Gasteiger partial charge in [0, 0.05) is 38.4 Å². The molecule has 0 N–H and O–H groups in total. The minimum atomic E-state index is -0.681. The van der Waals surface area contributed by atoms with Crippen molar-refractivity contribution in [2.45, 2.75) is 43.9 Å². The van der Waals surface area contributed by atoms with Gasteiger partial charge in [-0.2, -0.15) is 0 Å². The number of likely N-dealkylation sites (tertiary alicyclic amines) is 1. The zero-order valence-electron chi connectivity index (χ0n) is 26.1. The van der Waals surface area contributed by atoms with Crippen LogP contribution in [-0.4, -0.2) is 92.2 Å². The number of rotatable bonds is 10. The Labute approximate surface area is 262 Å². The van der Waals surface area contributed by atoms with Crippen molar-refractivity contribution in [3.8, 4) is 0 Å². The van der Waals surface area contributed by atoms with E-state index >= 15 is 0 Å². The number of nitrogens with zero attached hydrogens (tertiary/aromatic N) is 4. The summed E-state index contributed by atoms with van der Waals surface area (Å²) in [6.45, 7) is 9.89. The standard InChI is InChI=1S/C37H46N4O3/c1-2-44-36(43)40-28-26-38(27-29-40)21-11-22-41-34-17-10-9-16-33(34)37(35(41)42,32-14-7-4-8-15-32)20-25-39-23-18-31(19-24-39)30-12-5-3-6-13-30/h3-10,12-17,31H,2,11,18-29H2,1H3. The summed E-state index contributed by atoms with van der Waals surface area (Å²) in [6.07, 6.45) is 3.76. The highest BCUT2D eigenvalue weighted by atomic mass is 16.6. The van der Waals surface area contributed by atoms with Gasteiger partial charge in [-0.3, -0.25) is 9.69 Å². The van der Waals surface area contributed by atoms with Crippen LogP contribution in [0.25, 0.3) is 0 Å². The topological polar surface area (TPSA) is 56.3 Å². The molecule has 6 rings (SSSR count). The molecule has 3 aromatic carbocycles. The number of piperidine rings is 1. The molecule has 0 aromatic heterocycles. The molecule has 2 amide bonds. The van der Waals surface area contributed by atoms with E-state index in [-0.39, 0.29) is 12.0 Å². The summed E-state index contributed by atoms with van der Waals surface area (Å²) in [4.78, 5) is 35.6. The van der Waals surface area contributed by atoms with Crippen molar-refractivity contribution in [2.24, 2.45) is 0 Å². The van der Waals surface area contributed by atoms with Crippen LogP contribution in [0.4, 0.5) is 10.5 Å². The molecule has 0 saturated carbocycles. The number of fused-ring (bicyclic) bond motifs is 1. The summed E-state index contributed by atoms with van der Waals surface area (Å²) < 4.78 is 5.17. The number of ether oxygens (including phenoxy) is 1. The minimum absolute atomic E-state index is 0.205. The van der Waals surface area contributed by atoms with E-state index in [0.29, 0.717) is 32.2 Å². The second kappa shape index (κ2) is 14.0. The first-order chi connectivity index (χ1) is 21.6. The van der Waals surface area contributed by atoms with Gasteiger partial charge in [0.25, 0.3) is 0 Å². The van der Waals surface area contributed by atoms with Gasteiger partial charge in [-0.05, 0) is 87.5 Å². The van der Waals surface area contributed by atoms with Crippen LogP contribution in [-0.2, 0) is 14.9 Å². The van der Waals surface area contributed by atoms with E-state index in [1.165, 1.54) is 5.56 Å². The fraction of sp³-hybridized carbons (Fsp3) is 0.459. The molecule has 1 atom stereocenters. The quantitative estimate of drug-likeness (QED) is 0.299. The minimum Gasteiger partial charge on any atom is -0.450 e. The number of carbonyl (C=O) groups is 2. The van der Waals surface area contributed by atoms with Gasteiger partial charge < -0.3 is 19.4 Å². The van der Waals surface area contributed by atoms with Crippen LogP contribution < -0.4 is 4.90 Å². The van der Waals surface area contributed by atoms with E-state index in [1.807, 2.05) is 13.0 Å². The maximum absolute atomic E-state index is 14.7. The van der Waals surface area contributed by atoms with Crippen molar-refractivity contribution in [3.63, 3.8) is 0 Å². The van der Waals surface area contributed by atoms with E-state index in [1.54, 1.807) is 4.90 Å². The van der Waals surface area contributed by atoms with Gasteiger partial charge >= 0.3 is 6.09 Å². The number of hydrogen-bond acceptors (Lipinski definition) is 5. The molecule has 1 unspecified atom stereocenters. The Morgan fingerprint density at radius 1 is 0.773 bits per heavy atom. The van der Waals surface area contributed by atoms with E-state index in [0.717, 1.165) is 81.8 Å². The first-order valence-electron chi connectivity index (χ1n) is 16.5. The zero-order chi connectivity index (χ0) is 30.4. The van der Waals surface area contributed by atoms with E-state index in [2.05, 4.69) is 93.6 Å². The Morgan fingerprint density at radius 3 is 2.11 bits per heavy atom. The summed E-state index contributed by atoms with van der Waals surface area (Å²) in [5.41, 5.74) is 4.05. The van der Waals surface area contributed by atoms with Crippen molar-refractivity contribution in [1.82, 2.24) is 14.7 Å². The zero-order valence-corrected chi connectivity index (χ0v) is 26.1. The molecule has 3 aliphatic heterocycles. The van der Waals surface area contributed by atoms with E-state index in [9.17, 15) is 9.59 Å². The molecular weight excluding hydrogens is 548 g/mol. The Balaban J connectivity index is 1.13. The van der Waals surface area contributed by atoms with Gasteiger partial charge in [0.15, 0.2) is 0 Å². The molecule has 2 fully saturated rings. The van der Waals surface area contributed by atoms with Gasteiger partial charge in [0.1, 0.15) is 5.41 Å². The average molecular weight is 595 g/mol.